The normalized spacial score (nSPS) is 18.1. The number of carbonyl (C=O) groups excluding carboxylic acids is 2. The molecule has 2 amide bonds. The first-order chi connectivity index (χ1) is 18.0. The first-order valence-electron chi connectivity index (χ1n) is 12.6. The highest BCUT2D eigenvalue weighted by Gasteiger charge is 2.40. The maximum Gasteiger partial charge on any atom is 0.258 e. The Bertz CT molecular complexity index is 1170. The fourth-order valence-corrected chi connectivity index (χ4v) is 5.34. The molecule has 0 bridgehead atoms. The van der Waals surface area contributed by atoms with Crippen LogP contribution in [0.5, 0.6) is 0 Å². The first-order valence-corrected chi connectivity index (χ1v) is 13.0. The van der Waals surface area contributed by atoms with E-state index < -0.39 is 23.1 Å². The van der Waals surface area contributed by atoms with Crippen LogP contribution in [0, 0.1) is 11.6 Å². The molecule has 2 heterocycles. The molecule has 3 N–H and O–H groups in total. The number of nitrogens with one attached hydrogen (secondary N) is 1. The van der Waals surface area contributed by atoms with Gasteiger partial charge in [0.2, 0.25) is 0 Å². The number of piperidine rings is 1. The minimum Gasteiger partial charge on any atom is -0.395 e. The lowest BCUT2D eigenvalue weighted by Crippen LogP contribution is -2.61. The van der Waals surface area contributed by atoms with Gasteiger partial charge in [-0.15, -0.1) is 0 Å². The number of aliphatic hydroxyl groups excluding tert-OH is 1. The van der Waals surface area contributed by atoms with Crippen molar-refractivity contribution in [3.63, 3.8) is 0 Å². The smallest absolute Gasteiger partial charge is 0.258 e. The van der Waals surface area contributed by atoms with Crippen molar-refractivity contribution in [3.05, 3.63) is 64.2 Å². The molecule has 2 aromatic rings. The van der Waals surface area contributed by atoms with Gasteiger partial charge in [-0.2, -0.15) is 13.5 Å². The maximum atomic E-state index is 13.6. The summed E-state index contributed by atoms with van der Waals surface area (Å²) in [7, 11) is 1.61. The van der Waals surface area contributed by atoms with Gasteiger partial charge in [-0.05, 0) is 55.7 Å². The van der Waals surface area contributed by atoms with Crippen molar-refractivity contribution >= 4 is 42.6 Å². The summed E-state index contributed by atoms with van der Waals surface area (Å²) in [4.78, 5) is 30.7. The third-order valence-corrected chi connectivity index (χ3v) is 7.68. The molecule has 2 saturated heterocycles. The Kier molecular flexibility index (Phi) is 10.2. The van der Waals surface area contributed by atoms with E-state index in [-0.39, 0.29) is 44.2 Å². The molecule has 12 heteroatoms. The number of halogens is 3. The molecule has 4 rings (SSSR count). The number of nitrogens with zero attached hydrogens (tertiary/aromatic N) is 3. The molecule has 0 aromatic heterocycles. The number of hydrogen-bond donors (Lipinski definition) is 3. The van der Waals surface area contributed by atoms with Crippen LogP contribution in [-0.4, -0.2) is 95.2 Å². The molecule has 0 saturated carbocycles. The molecule has 0 aliphatic carbocycles. The van der Waals surface area contributed by atoms with Crippen molar-refractivity contribution in [3.8, 4) is 0 Å². The summed E-state index contributed by atoms with van der Waals surface area (Å²) >= 11 is 6.34. The van der Waals surface area contributed by atoms with E-state index in [0.717, 1.165) is 43.8 Å². The number of likely N-dealkylation sites (tertiary alicyclic amines) is 2. The van der Waals surface area contributed by atoms with Crippen LogP contribution in [0.25, 0.3) is 0 Å². The monoisotopic (exact) mass is 584 g/mol. The van der Waals surface area contributed by atoms with E-state index >= 15 is 0 Å². The number of benzene rings is 2. The second-order valence-electron chi connectivity index (χ2n) is 10.2. The van der Waals surface area contributed by atoms with Gasteiger partial charge in [-0.25, -0.2) is 8.78 Å². The van der Waals surface area contributed by atoms with Gasteiger partial charge in [-0.1, -0.05) is 11.6 Å². The molecule has 0 radical (unpaired) electrons. The Labute approximate surface area is 239 Å². The Hall–Kier alpha value is -2.44. The van der Waals surface area contributed by atoms with Gasteiger partial charge in [0.05, 0.1) is 23.2 Å². The minimum atomic E-state index is -2.02. The van der Waals surface area contributed by atoms with E-state index in [0.29, 0.717) is 35.8 Å². The molecule has 2 aliphatic rings. The molecule has 0 spiro atoms. The van der Waals surface area contributed by atoms with Crippen LogP contribution in [0.3, 0.4) is 0 Å². The fourth-order valence-electron chi connectivity index (χ4n) is 5.07. The lowest BCUT2D eigenvalue weighted by Gasteiger charge is -2.48. The molecule has 1 atom stereocenters. The Morgan fingerprint density at radius 1 is 1.13 bits per heavy atom. The van der Waals surface area contributed by atoms with Crippen molar-refractivity contribution in [1.29, 1.82) is 0 Å². The highest BCUT2D eigenvalue weighted by molar-refractivity contribution is 7.59. The quantitative estimate of drug-likeness (QED) is 0.442. The van der Waals surface area contributed by atoms with Crippen molar-refractivity contribution < 1.29 is 28.6 Å². The average Bonchev–Trinajstić information content (AvgIpc) is 2.85. The standard InChI is InChI=1S/C27H33ClF2N4O4.H2S/c1-27(38,17-11-18(29)13-19(30)12-17)26(37)33-7-5-22(6-8-33)34-15-21(16-34)31-20-3-4-23(24(28)14-20)25(36)32(2)9-10-35;/h3-4,11-14,21-22,31,35,38H,5-10,15-16H2,1-2H3;1H2/t27-;/m0./s1. The molecule has 2 fully saturated rings. The first kappa shape index (κ1) is 31.1. The average molecular weight is 585 g/mol. The third-order valence-electron chi connectivity index (χ3n) is 7.37. The van der Waals surface area contributed by atoms with Crippen LogP contribution < -0.4 is 5.32 Å². The topological polar surface area (TPSA) is 96.4 Å². The van der Waals surface area contributed by atoms with Crippen molar-refractivity contribution in [1.82, 2.24) is 14.7 Å². The van der Waals surface area contributed by atoms with E-state index in [2.05, 4.69) is 10.2 Å². The number of likely N-dealkylation sites (N-methyl/N-ethyl adjacent to an activating group) is 1. The number of aliphatic hydroxyl groups is 2. The van der Waals surface area contributed by atoms with Crippen molar-refractivity contribution in [2.75, 3.05) is 51.7 Å². The van der Waals surface area contributed by atoms with Gasteiger partial charge in [-0.3, -0.25) is 14.5 Å². The van der Waals surface area contributed by atoms with E-state index in [4.69, 9.17) is 16.7 Å². The van der Waals surface area contributed by atoms with Crippen LogP contribution in [0.4, 0.5) is 14.5 Å². The van der Waals surface area contributed by atoms with Gasteiger partial charge >= 0.3 is 0 Å². The highest BCUT2D eigenvalue weighted by Crippen LogP contribution is 2.30. The van der Waals surface area contributed by atoms with Gasteiger partial charge in [0.25, 0.3) is 11.8 Å². The lowest BCUT2D eigenvalue weighted by molar-refractivity contribution is -0.152. The summed E-state index contributed by atoms with van der Waals surface area (Å²) in [5.74, 6) is -2.50. The van der Waals surface area contributed by atoms with Gasteiger partial charge in [0.1, 0.15) is 11.6 Å². The number of anilines is 1. The van der Waals surface area contributed by atoms with E-state index in [1.807, 2.05) is 6.07 Å². The molecule has 2 aromatic carbocycles. The maximum absolute atomic E-state index is 13.6. The lowest BCUT2D eigenvalue weighted by atomic mass is 9.91. The second kappa shape index (κ2) is 12.8. The Morgan fingerprint density at radius 2 is 1.74 bits per heavy atom. The van der Waals surface area contributed by atoms with Gasteiger partial charge in [0, 0.05) is 57.6 Å². The summed E-state index contributed by atoms with van der Waals surface area (Å²) in [5.41, 5.74) is -0.922. The summed E-state index contributed by atoms with van der Waals surface area (Å²) in [5, 5.41) is 23.6. The zero-order valence-corrected chi connectivity index (χ0v) is 23.7. The van der Waals surface area contributed by atoms with Crippen LogP contribution >= 0.6 is 25.1 Å². The zero-order valence-electron chi connectivity index (χ0n) is 22.0. The fraction of sp³-hybridized carbons (Fsp3) is 0.481. The Morgan fingerprint density at radius 3 is 2.31 bits per heavy atom. The molecular weight excluding hydrogens is 550 g/mol. The number of hydrogen-bond acceptors (Lipinski definition) is 6. The zero-order chi connectivity index (χ0) is 27.6. The number of amides is 2. The summed E-state index contributed by atoms with van der Waals surface area (Å²) in [6, 6.07) is 8.39. The predicted octanol–water partition coefficient (Wildman–Crippen LogP) is 2.79. The predicted molar refractivity (Wildman–Crippen MR) is 150 cm³/mol. The summed E-state index contributed by atoms with van der Waals surface area (Å²) in [6.07, 6.45) is 1.46. The largest absolute Gasteiger partial charge is 0.395 e. The molecular formula is C27H35ClF2N4O4S. The second-order valence-corrected chi connectivity index (χ2v) is 10.6. The van der Waals surface area contributed by atoms with Crippen LogP contribution in [0.1, 0.15) is 35.7 Å². The van der Waals surface area contributed by atoms with E-state index in [9.17, 15) is 23.5 Å². The summed E-state index contributed by atoms with van der Waals surface area (Å²) < 4.78 is 27.3. The molecule has 2 aliphatic heterocycles. The molecule has 8 nitrogen and oxygen atoms in total. The van der Waals surface area contributed by atoms with E-state index in [1.54, 1.807) is 24.1 Å². The van der Waals surface area contributed by atoms with Gasteiger partial charge in [0.15, 0.2) is 5.60 Å². The molecule has 39 heavy (non-hydrogen) atoms. The van der Waals surface area contributed by atoms with Gasteiger partial charge < -0.3 is 25.3 Å². The SMILES string of the molecule is CN(CCO)C(=O)c1ccc(NC2CN(C3CCN(C(=O)[C@@](C)(O)c4cc(F)cc(F)c4)CC3)C2)cc1Cl.S. The van der Waals surface area contributed by atoms with Crippen LogP contribution in [-0.2, 0) is 10.4 Å². The van der Waals surface area contributed by atoms with E-state index in [1.165, 1.54) is 11.8 Å². The molecule has 214 valence electrons. The summed E-state index contributed by atoms with van der Waals surface area (Å²) in [6.45, 7) is 3.90. The van der Waals surface area contributed by atoms with Crippen LogP contribution in [0.2, 0.25) is 5.02 Å². The van der Waals surface area contributed by atoms with Crippen molar-refractivity contribution in [2.24, 2.45) is 0 Å². The third kappa shape index (κ3) is 7.01. The number of rotatable bonds is 8. The molecule has 0 unspecified atom stereocenters. The highest BCUT2D eigenvalue weighted by atomic mass is 35.5. The minimum absolute atomic E-state index is 0. The Balaban J connectivity index is 0.00000420. The van der Waals surface area contributed by atoms with Crippen LogP contribution in [0.15, 0.2) is 36.4 Å². The van der Waals surface area contributed by atoms with Crippen molar-refractivity contribution in [2.45, 2.75) is 37.5 Å². The number of carbonyl (C=O) groups is 2.